The number of aliphatic carboxylic acids is 1. The molecule has 0 spiro atoms. The Labute approximate surface area is 87.2 Å². The smallest absolute Gasteiger partial charge is 0.313 e. The van der Waals surface area contributed by atoms with Gasteiger partial charge < -0.3 is 9.84 Å². The van der Waals surface area contributed by atoms with Crippen LogP contribution in [0.5, 0.6) is 0 Å². The van der Waals surface area contributed by atoms with Crippen LogP contribution < -0.4 is 0 Å². The monoisotopic (exact) mass is 218 g/mol. The lowest BCUT2D eigenvalue weighted by molar-refractivity contribution is -0.143. The number of carboxylic acid groups (broad SMARTS) is 1. The van der Waals surface area contributed by atoms with E-state index in [9.17, 15) is 19.2 Å². The number of carbonyl (C=O) groups is 4. The summed E-state index contributed by atoms with van der Waals surface area (Å²) in [6.07, 6.45) is -0.476. The van der Waals surface area contributed by atoms with Gasteiger partial charge in [0.25, 0.3) is 0 Å². The molecule has 0 aliphatic rings. The van der Waals surface area contributed by atoms with Crippen LogP contribution in [0, 0.1) is 0 Å². The lowest BCUT2D eigenvalue weighted by Gasteiger charge is -1.90. The minimum Gasteiger partial charge on any atom is -0.481 e. The van der Waals surface area contributed by atoms with Crippen molar-refractivity contribution in [1.29, 1.82) is 0 Å². The zero-order valence-electron chi connectivity index (χ0n) is 8.90. The number of hydrogen-bond donors (Lipinski definition) is 1. The Hall–Kier alpha value is -1.72. The molecule has 0 bridgehead atoms. The van der Waals surface area contributed by atoms with Gasteiger partial charge in [0, 0.05) is 0 Å². The number of rotatable bonds is 4. The summed E-state index contributed by atoms with van der Waals surface area (Å²) in [6, 6.07) is 0. The lowest BCUT2D eigenvalue weighted by atomic mass is 10.3. The topological polar surface area (TPSA) is 97.7 Å². The number of Topliss-reactive ketones (excluding diaryl/α,β-unsaturated/α-hetero) is 2. The van der Waals surface area contributed by atoms with Crippen molar-refractivity contribution in [3.05, 3.63) is 0 Å². The van der Waals surface area contributed by atoms with Crippen molar-refractivity contribution in [2.75, 3.05) is 7.11 Å². The second-order valence-corrected chi connectivity index (χ2v) is 2.73. The van der Waals surface area contributed by atoms with Gasteiger partial charge in [-0.2, -0.15) is 0 Å². The van der Waals surface area contributed by atoms with Crippen molar-refractivity contribution in [3.8, 4) is 0 Å². The summed E-state index contributed by atoms with van der Waals surface area (Å²) in [5, 5.41) is 7.86. The molecule has 0 atom stereocenters. The maximum Gasteiger partial charge on any atom is 0.313 e. The van der Waals surface area contributed by atoms with Crippen LogP contribution in [0.4, 0.5) is 0 Å². The molecule has 86 valence electrons. The van der Waals surface area contributed by atoms with Gasteiger partial charge in [0.05, 0.1) is 7.11 Å². The average molecular weight is 218 g/mol. The molecule has 6 nitrogen and oxygen atoms in total. The molecule has 0 aliphatic heterocycles. The largest absolute Gasteiger partial charge is 0.481 e. The molecule has 0 amide bonds. The van der Waals surface area contributed by atoms with Crippen molar-refractivity contribution >= 4 is 23.5 Å². The van der Waals surface area contributed by atoms with Crippen LogP contribution in [-0.4, -0.2) is 35.7 Å². The summed E-state index contributed by atoms with van der Waals surface area (Å²) in [5.41, 5.74) is 0. The molecule has 0 aliphatic carbocycles. The van der Waals surface area contributed by atoms with Gasteiger partial charge >= 0.3 is 11.9 Å². The zero-order chi connectivity index (χ0) is 12.4. The summed E-state index contributed by atoms with van der Waals surface area (Å²) >= 11 is 0. The van der Waals surface area contributed by atoms with Gasteiger partial charge in [-0.1, -0.05) is 0 Å². The van der Waals surface area contributed by atoms with E-state index in [-0.39, 0.29) is 24.4 Å². The fraction of sp³-hybridized carbons (Fsp3) is 0.556. The van der Waals surface area contributed by atoms with Crippen molar-refractivity contribution in [3.63, 3.8) is 0 Å². The minimum absolute atomic E-state index is 0.115. The van der Waals surface area contributed by atoms with Crippen LogP contribution in [0.1, 0.15) is 26.7 Å². The van der Waals surface area contributed by atoms with Crippen LogP contribution >= 0.6 is 0 Å². The van der Waals surface area contributed by atoms with E-state index >= 15 is 0 Å². The molecule has 0 heterocycles. The van der Waals surface area contributed by atoms with Gasteiger partial charge in [-0.3, -0.25) is 19.2 Å². The van der Waals surface area contributed by atoms with E-state index in [0.717, 1.165) is 0 Å². The number of carboxylic acids is 1. The molecule has 0 unspecified atom stereocenters. The van der Waals surface area contributed by atoms with Crippen molar-refractivity contribution < 1.29 is 29.0 Å². The SMILES string of the molecule is CC(=O)CC(=O)O.COC(=O)CC(C)=O. The number of esters is 1. The van der Waals surface area contributed by atoms with Gasteiger partial charge in [-0.15, -0.1) is 0 Å². The van der Waals surface area contributed by atoms with Crippen LogP contribution in [0.15, 0.2) is 0 Å². The van der Waals surface area contributed by atoms with E-state index in [1.165, 1.54) is 21.0 Å². The molecule has 15 heavy (non-hydrogen) atoms. The van der Waals surface area contributed by atoms with Crippen molar-refractivity contribution in [1.82, 2.24) is 0 Å². The quantitative estimate of drug-likeness (QED) is 0.534. The highest BCUT2D eigenvalue weighted by atomic mass is 16.5. The molecule has 0 saturated heterocycles. The third-order valence-corrected chi connectivity index (χ3v) is 1.02. The zero-order valence-corrected chi connectivity index (χ0v) is 8.90. The first-order valence-corrected chi connectivity index (χ1v) is 4.07. The maximum absolute atomic E-state index is 10.2. The molecule has 0 rings (SSSR count). The molecule has 1 N–H and O–H groups in total. The summed E-state index contributed by atoms with van der Waals surface area (Å²) in [5.74, 6) is -2.02. The second-order valence-electron chi connectivity index (χ2n) is 2.73. The van der Waals surface area contributed by atoms with E-state index in [1.807, 2.05) is 0 Å². The molecule has 0 saturated carbocycles. The Balaban J connectivity index is 0. The van der Waals surface area contributed by atoms with Crippen LogP contribution in [0.2, 0.25) is 0 Å². The minimum atomic E-state index is -1.06. The van der Waals surface area contributed by atoms with Gasteiger partial charge in [0.15, 0.2) is 0 Å². The number of ether oxygens (including phenoxy) is 1. The molecule has 0 fully saturated rings. The fourth-order valence-corrected chi connectivity index (χ4v) is 0.488. The Morgan fingerprint density at radius 3 is 1.47 bits per heavy atom. The number of carbonyl (C=O) groups excluding carboxylic acids is 3. The van der Waals surface area contributed by atoms with Crippen LogP contribution in [0.3, 0.4) is 0 Å². The summed E-state index contributed by atoms with van der Waals surface area (Å²) in [6.45, 7) is 2.59. The van der Waals surface area contributed by atoms with Crippen molar-refractivity contribution in [2.24, 2.45) is 0 Å². The van der Waals surface area contributed by atoms with E-state index in [4.69, 9.17) is 5.11 Å². The molecule has 0 aromatic heterocycles. The molecule has 0 aromatic rings. The second kappa shape index (κ2) is 8.86. The maximum atomic E-state index is 10.2. The van der Waals surface area contributed by atoms with Gasteiger partial charge in [0.2, 0.25) is 0 Å². The van der Waals surface area contributed by atoms with E-state index in [2.05, 4.69) is 4.74 Å². The Morgan fingerprint density at radius 2 is 1.40 bits per heavy atom. The number of ketones is 2. The Kier molecular flexibility index (Phi) is 9.30. The molecule has 6 heteroatoms. The summed E-state index contributed by atoms with van der Waals surface area (Å²) in [7, 11) is 1.26. The normalized spacial score (nSPS) is 8.20. The third-order valence-electron chi connectivity index (χ3n) is 1.02. The van der Waals surface area contributed by atoms with Crippen molar-refractivity contribution in [2.45, 2.75) is 26.7 Å². The van der Waals surface area contributed by atoms with Crippen LogP contribution in [-0.2, 0) is 23.9 Å². The predicted molar refractivity (Wildman–Crippen MR) is 50.2 cm³/mol. The standard InChI is InChI=1S/C5H8O3.C4H6O3/c1-4(6)3-5(7)8-2;1-3(5)2-4(6)7/h3H2,1-2H3;2H2,1H3,(H,6,7). The molecular formula is C9H14O6. The lowest BCUT2D eigenvalue weighted by Crippen LogP contribution is -2.05. The number of methoxy groups -OCH3 is 1. The fourth-order valence-electron chi connectivity index (χ4n) is 0.488. The molecule has 0 radical (unpaired) electrons. The third kappa shape index (κ3) is 18.9. The van der Waals surface area contributed by atoms with E-state index < -0.39 is 11.9 Å². The predicted octanol–water partition coefficient (Wildman–Crippen LogP) is 0.189. The van der Waals surface area contributed by atoms with E-state index in [1.54, 1.807) is 0 Å². The molecular weight excluding hydrogens is 204 g/mol. The van der Waals surface area contributed by atoms with Gasteiger partial charge in [-0.05, 0) is 13.8 Å². The van der Waals surface area contributed by atoms with Crippen LogP contribution in [0.25, 0.3) is 0 Å². The highest BCUT2D eigenvalue weighted by Gasteiger charge is 2.01. The Morgan fingerprint density at radius 1 is 1.00 bits per heavy atom. The van der Waals surface area contributed by atoms with E-state index in [0.29, 0.717) is 0 Å². The average Bonchev–Trinajstić information content (AvgIpc) is 2.01. The first-order chi connectivity index (χ1) is 6.79. The van der Waals surface area contributed by atoms with Gasteiger partial charge in [-0.25, -0.2) is 0 Å². The highest BCUT2D eigenvalue weighted by molar-refractivity contribution is 5.94. The highest BCUT2D eigenvalue weighted by Crippen LogP contribution is 1.83. The Bertz CT molecular complexity index is 243. The first-order valence-electron chi connectivity index (χ1n) is 4.07. The first kappa shape index (κ1) is 15.7. The summed E-state index contributed by atoms with van der Waals surface area (Å²) < 4.78 is 4.20. The van der Waals surface area contributed by atoms with Gasteiger partial charge in [0.1, 0.15) is 24.4 Å². The summed E-state index contributed by atoms with van der Waals surface area (Å²) in [4.78, 5) is 39.8. The number of hydrogen-bond acceptors (Lipinski definition) is 5. The molecule has 0 aromatic carbocycles.